The number of halogens is 2. The monoisotopic (exact) mass is 389 g/mol. The van der Waals surface area contributed by atoms with Crippen molar-refractivity contribution >= 4 is 28.3 Å². The van der Waals surface area contributed by atoms with E-state index in [1.807, 2.05) is 22.6 Å². The molecule has 104 valence electrons. The molecule has 0 aliphatic carbocycles. The van der Waals surface area contributed by atoms with E-state index >= 15 is 0 Å². The molecule has 0 saturated heterocycles. The molecule has 1 heterocycles. The summed E-state index contributed by atoms with van der Waals surface area (Å²) in [4.78, 5) is 26.1. The van der Waals surface area contributed by atoms with E-state index in [9.17, 15) is 19.3 Å². The molecule has 20 heavy (non-hydrogen) atoms. The summed E-state index contributed by atoms with van der Waals surface area (Å²) >= 11 is 1.86. The van der Waals surface area contributed by atoms with Gasteiger partial charge in [0.25, 0.3) is 11.2 Å². The van der Waals surface area contributed by atoms with Crippen LogP contribution in [0, 0.1) is 26.4 Å². The van der Waals surface area contributed by atoms with Crippen molar-refractivity contribution in [3.05, 3.63) is 65.6 Å². The highest BCUT2D eigenvalue weighted by molar-refractivity contribution is 14.1. The van der Waals surface area contributed by atoms with Crippen LogP contribution < -0.4 is 5.56 Å². The third-order valence-electron chi connectivity index (χ3n) is 2.70. The van der Waals surface area contributed by atoms with Gasteiger partial charge in [-0.05, 0) is 41.1 Å². The van der Waals surface area contributed by atoms with Crippen LogP contribution in [-0.2, 0) is 6.54 Å². The second-order valence-corrected chi connectivity index (χ2v) is 5.28. The van der Waals surface area contributed by atoms with Crippen LogP contribution in [-0.4, -0.2) is 14.5 Å². The predicted molar refractivity (Wildman–Crippen MR) is 78.1 cm³/mol. The zero-order valence-corrected chi connectivity index (χ0v) is 12.5. The van der Waals surface area contributed by atoms with Gasteiger partial charge in [-0.1, -0.05) is 0 Å². The van der Waals surface area contributed by atoms with Gasteiger partial charge in [0, 0.05) is 12.3 Å². The first kappa shape index (κ1) is 14.6. The van der Waals surface area contributed by atoms with E-state index in [4.69, 9.17) is 0 Å². The Morgan fingerprint density at radius 2 is 2.15 bits per heavy atom. The lowest BCUT2D eigenvalue weighted by atomic mass is 10.2. The molecule has 0 N–H and O–H groups in total. The van der Waals surface area contributed by atoms with Gasteiger partial charge in [0.1, 0.15) is 11.6 Å². The lowest BCUT2D eigenvalue weighted by Gasteiger charge is -2.09. The Morgan fingerprint density at radius 1 is 1.45 bits per heavy atom. The summed E-state index contributed by atoms with van der Waals surface area (Å²) in [5.74, 6) is -0.249. The van der Waals surface area contributed by atoms with Crippen molar-refractivity contribution in [3.8, 4) is 0 Å². The Bertz CT molecular complexity index is 745. The number of benzene rings is 1. The highest BCUT2D eigenvalue weighted by atomic mass is 127. The minimum atomic E-state index is -0.710. The van der Waals surface area contributed by atoms with Crippen molar-refractivity contribution < 1.29 is 9.31 Å². The van der Waals surface area contributed by atoms with E-state index < -0.39 is 10.7 Å². The molecule has 0 spiro atoms. The van der Waals surface area contributed by atoms with Crippen LogP contribution in [0.4, 0.5) is 10.1 Å². The molecule has 0 fully saturated rings. The van der Waals surface area contributed by atoms with Gasteiger partial charge in [0.05, 0.1) is 21.1 Å². The summed E-state index contributed by atoms with van der Waals surface area (Å²) in [5.41, 5.74) is -0.264. The number of aryl methyl sites for hydroxylation is 1. The molecular weight excluding hydrogens is 380 g/mol. The van der Waals surface area contributed by atoms with E-state index in [1.54, 1.807) is 6.92 Å². The molecule has 0 unspecified atom stereocenters. The largest absolute Gasteiger partial charge is 0.291 e. The molecule has 0 amide bonds. The third kappa shape index (κ3) is 3.00. The lowest BCUT2D eigenvalue weighted by molar-refractivity contribution is -0.385. The quantitative estimate of drug-likeness (QED) is 0.459. The Hall–Kier alpha value is -1.84. The second kappa shape index (κ2) is 5.65. The van der Waals surface area contributed by atoms with Crippen molar-refractivity contribution in [2.24, 2.45) is 0 Å². The number of rotatable bonds is 3. The molecule has 0 radical (unpaired) electrons. The van der Waals surface area contributed by atoms with Crippen LogP contribution in [0.2, 0.25) is 0 Å². The number of nitro benzene ring substituents is 1. The fourth-order valence-corrected chi connectivity index (χ4v) is 2.18. The standard InChI is InChI=1S/C12H9FIN3O3/c1-7-15-5-11(14)12(18)16(7)6-8-2-9(13)4-10(3-8)17(19)20/h2-5H,6H2,1H3. The first-order valence-corrected chi connectivity index (χ1v) is 6.62. The number of nitro groups is 1. The third-order valence-corrected chi connectivity index (χ3v) is 3.44. The molecular formula is C12H9FIN3O3. The van der Waals surface area contributed by atoms with Crippen molar-refractivity contribution in [3.63, 3.8) is 0 Å². The molecule has 1 aromatic heterocycles. The average Bonchev–Trinajstić information content (AvgIpc) is 2.38. The summed E-state index contributed by atoms with van der Waals surface area (Å²) in [6.07, 6.45) is 1.45. The summed E-state index contributed by atoms with van der Waals surface area (Å²) in [7, 11) is 0. The fourth-order valence-electron chi connectivity index (χ4n) is 1.75. The van der Waals surface area contributed by atoms with E-state index in [-0.39, 0.29) is 17.8 Å². The minimum Gasteiger partial charge on any atom is -0.291 e. The van der Waals surface area contributed by atoms with Gasteiger partial charge in [-0.25, -0.2) is 9.37 Å². The van der Waals surface area contributed by atoms with Crippen molar-refractivity contribution in [1.29, 1.82) is 0 Å². The Kier molecular flexibility index (Phi) is 4.12. The molecule has 0 aliphatic heterocycles. The molecule has 2 rings (SSSR count). The van der Waals surface area contributed by atoms with Crippen LogP contribution >= 0.6 is 22.6 Å². The van der Waals surface area contributed by atoms with Crippen molar-refractivity contribution in [2.75, 3.05) is 0 Å². The van der Waals surface area contributed by atoms with Gasteiger partial charge in [-0.3, -0.25) is 19.5 Å². The Morgan fingerprint density at radius 3 is 2.80 bits per heavy atom. The van der Waals surface area contributed by atoms with Crippen molar-refractivity contribution in [1.82, 2.24) is 9.55 Å². The normalized spacial score (nSPS) is 10.6. The van der Waals surface area contributed by atoms with Gasteiger partial charge >= 0.3 is 0 Å². The number of nitrogens with zero attached hydrogens (tertiary/aromatic N) is 3. The number of non-ortho nitro benzene ring substituents is 1. The van der Waals surface area contributed by atoms with Crippen LogP contribution in [0.5, 0.6) is 0 Å². The lowest BCUT2D eigenvalue weighted by Crippen LogP contribution is -2.26. The van der Waals surface area contributed by atoms with Crippen LogP contribution in [0.25, 0.3) is 0 Å². The molecule has 1 aromatic carbocycles. The van der Waals surface area contributed by atoms with Gasteiger partial charge in [0.2, 0.25) is 0 Å². The van der Waals surface area contributed by atoms with E-state index in [0.717, 1.165) is 6.07 Å². The van der Waals surface area contributed by atoms with Gasteiger partial charge in [-0.2, -0.15) is 0 Å². The highest BCUT2D eigenvalue weighted by Crippen LogP contribution is 2.17. The molecule has 0 aliphatic rings. The minimum absolute atomic E-state index is 0.0348. The predicted octanol–water partition coefficient (Wildman–Crippen LogP) is 2.25. The molecule has 6 nitrogen and oxygen atoms in total. The van der Waals surface area contributed by atoms with Gasteiger partial charge < -0.3 is 0 Å². The topological polar surface area (TPSA) is 78.0 Å². The number of hydrogen-bond donors (Lipinski definition) is 0. The average molecular weight is 389 g/mol. The first-order valence-electron chi connectivity index (χ1n) is 5.54. The molecule has 2 aromatic rings. The summed E-state index contributed by atoms with van der Waals surface area (Å²) in [5, 5.41) is 10.7. The SMILES string of the molecule is Cc1ncc(I)c(=O)n1Cc1cc(F)cc([N+](=O)[O-])c1. The maximum atomic E-state index is 13.4. The van der Waals surface area contributed by atoms with E-state index in [1.165, 1.54) is 22.9 Å². The van der Waals surface area contributed by atoms with E-state index in [0.29, 0.717) is 15.0 Å². The first-order chi connectivity index (χ1) is 9.38. The summed E-state index contributed by atoms with van der Waals surface area (Å²) in [6, 6.07) is 3.25. The zero-order valence-electron chi connectivity index (χ0n) is 10.3. The maximum absolute atomic E-state index is 13.4. The Labute approximate surface area is 126 Å². The number of aromatic nitrogens is 2. The molecule has 8 heteroatoms. The zero-order chi connectivity index (χ0) is 14.9. The van der Waals surface area contributed by atoms with Gasteiger partial charge in [0.15, 0.2) is 0 Å². The molecule has 0 atom stereocenters. The van der Waals surface area contributed by atoms with Crippen molar-refractivity contribution in [2.45, 2.75) is 13.5 Å². The van der Waals surface area contributed by atoms with Crippen LogP contribution in [0.1, 0.15) is 11.4 Å². The molecule has 0 saturated carbocycles. The summed E-state index contributed by atoms with van der Waals surface area (Å²) < 4.78 is 15.1. The summed E-state index contributed by atoms with van der Waals surface area (Å²) in [6.45, 7) is 1.68. The fraction of sp³-hybridized carbons (Fsp3) is 0.167. The van der Waals surface area contributed by atoms with Gasteiger partial charge in [-0.15, -0.1) is 0 Å². The maximum Gasteiger partial charge on any atom is 0.272 e. The smallest absolute Gasteiger partial charge is 0.272 e. The Balaban J connectivity index is 2.48. The second-order valence-electron chi connectivity index (χ2n) is 4.12. The highest BCUT2D eigenvalue weighted by Gasteiger charge is 2.12. The van der Waals surface area contributed by atoms with Crippen LogP contribution in [0.3, 0.4) is 0 Å². The van der Waals surface area contributed by atoms with E-state index in [2.05, 4.69) is 4.98 Å². The molecule has 0 bridgehead atoms. The van der Waals surface area contributed by atoms with Crippen LogP contribution in [0.15, 0.2) is 29.2 Å². The number of hydrogen-bond acceptors (Lipinski definition) is 4.